The van der Waals surface area contributed by atoms with Crippen molar-refractivity contribution in [3.05, 3.63) is 63.6 Å². The molecule has 2 aromatic rings. The van der Waals surface area contributed by atoms with Crippen LogP contribution in [0.2, 0.25) is 10.0 Å². The van der Waals surface area contributed by atoms with Crippen LogP contribution in [0.4, 0.5) is 5.69 Å². The zero-order valence-corrected chi connectivity index (χ0v) is 19.8. The molecular weight excluding hydrogens is 457 g/mol. The van der Waals surface area contributed by atoms with Crippen molar-refractivity contribution in [2.24, 2.45) is 0 Å². The van der Waals surface area contributed by atoms with Gasteiger partial charge in [-0.25, -0.2) is 8.42 Å². The topological polar surface area (TPSA) is 69.7 Å². The minimum absolute atomic E-state index is 0.163. The fraction of sp³-hybridized carbons (Fsp3) is 0.409. The van der Waals surface area contributed by atoms with E-state index in [0.29, 0.717) is 11.6 Å². The monoisotopic (exact) mass is 483 g/mol. The minimum Gasteiger partial charge on any atom is -0.350 e. The number of likely N-dealkylation sites (tertiary alicyclic amines) is 1. The van der Waals surface area contributed by atoms with Crippen molar-refractivity contribution in [2.75, 3.05) is 30.2 Å². The number of halogens is 2. The van der Waals surface area contributed by atoms with Gasteiger partial charge >= 0.3 is 0 Å². The van der Waals surface area contributed by atoms with Gasteiger partial charge in [0.1, 0.15) is 6.54 Å². The van der Waals surface area contributed by atoms with E-state index >= 15 is 0 Å². The third kappa shape index (κ3) is 7.10. The first-order valence-corrected chi connectivity index (χ1v) is 12.8. The zero-order valence-electron chi connectivity index (χ0n) is 17.5. The molecule has 168 valence electrons. The Hall–Kier alpha value is -1.80. The van der Waals surface area contributed by atoms with Gasteiger partial charge in [0.15, 0.2) is 0 Å². The number of rotatable bonds is 8. The molecule has 1 heterocycles. The predicted octanol–water partition coefficient (Wildman–Crippen LogP) is 4.06. The van der Waals surface area contributed by atoms with Crippen molar-refractivity contribution < 1.29 is 13.2 Å². The summed E-state index contributed by atoms with van der Waals surface area (Å²) < 4.78 is 25.5. The second-order valence-electron chi connectivity index (χ2n) is 7.80. The van der Waals surface area contributed by atoms with Crippen molar-refractivity contribution in [1.29, 1.82) is 0 Å². The first-order chi connectivity index (χ1) is 14.7. The van der Waals surface area contributed by atoms with Crippen LogP contribution in [0.25, 0.3) is 0 Å². The highest BCUT2D eigenvalue weighted by molar-refractivity contribution is 7.92. The van der Waals surface area contributed by atoms with Gasteiger partial charge in [-0.3, -0.25) is 14.0 Å². The molecule has 0 radical (unpaired) electrons. The van der Waals surface area contributed by atoms with Gasteiger partial charge in [0.05, 0.1) is 17.0 Å². The van der Waals surface area contributed by atoms with Gasteiger partial charge in [0, 0.05) is 18.1 Å². The van der Waals surface area contributed by atoms with Crippen LogP contribution >= 0.6 is 23.2 Å². The summed E-state index contributed by atoms with van der Waals surface area (Å²) >= 11 is 12.1. The summed E-state index contributed by atoms with van der Waals surface area (Å²) in [7, 11) is -3.72. The molecule has 0 unspecified atom stereocenters. The molecule has 0 spiro atoms. The molecule has 1 amide bonds. The van der Waals surface area contributed by atoms with E-state index in [0.717, 1.165) is 35.8 Å². The van der Waals surface area contributed by atoms with E-state index in [9.17, 15) is 13.2 Å². The molecule has 2 aromatic carbocycles. The molecule has 31 heavy (non-hydrogen) atoms. The normalized spacial score (nSPS) is 14.9. The Balaban J connectivity index is 1.62. The van der Waals surface area contributed by atoms with Crippen molar-refractivity contribution in [2.45, 2.75) is 32.4 Å². The van der Waals surface area contributed by atoms with E-state index < -0.39 is 15.9 Å². The van der Waals surface area contributed by atoms with Crippen LogP contribution in [-0.4, -0.2) is 45.1 Å². The number of carbonyl (C=O) groups excluding carboxylic acids is 1. The van der Waals surface area contributed by atoms with Crippen LogP contribution in [0.15, 0.2) is 42.5 Å². The van der Waals surface area contributed by atoms with Crippen molar-refractivity contribution in [3.8, 4) is 0 Å². The Morgan fingerprint density at radius 2 is 1.77 bits per heavy atom. The first kappa shape index (κ1) is 23.9. The fourth-order valence-electron chi connectivity index (χ4n) is 3.67. The summed E-state index contributed by atoms with van der Waals surface area (Å²) in [6, 6.07) is 12.6. The lowest BCUT2D eigenvalue weighted by Gasteiger charge is -2.26. The third-order valence-electron chi connectivity index (χ3n) is 5.20. The van der Waals surface area contributed by atoms with E-state index in [1.54, 1.807) is 0 Å². The summed E-state index contributed by atoms with van der Waals surface area (Å²) in [6.07, 6.45) is 4.82. The van der Waals surface area contributed by atoms with Crippen LogP contribution in [0.3, 0.4) is 0 Å². The Morgan fingerprint density at radius 1 is 1.06 bits per heavy atom. The molecule has 0 atom stereocenters. The molecule has 0 aromatic heterocycles. The number of sulfonamides is 1. The maximum absolute atomic E-state index is 12.5. The molecule has 9 heteroatoms. The highest BCUT2D eigenvalue weighted by Gasteiger charge is 2.23. The van der Waals surface area contributed by atoms with Gasteiger partial charge in [0.2, 0.25) is 15.9 Å². The second kappa shape index (κ2) is 10.7. The van der Waals surface area contributed by atoms with Crippen LogP contribution < -0.4 is 9.62 Å². The van der Waals surface area contributed by atoms with E-state index in [4.69, 9.17) is 23.2 Å². The first-order valence-electron chi connectivity index (χ1n) is 10.2. The molecule has 1 saturated heterocycles. The van der Waals surface area contributed by atoms with Gasteiger partial charge in [-0.05, 0) is 55.3 Å². The van der Waals surface area contributed by atoms with Gasteiger partial charge in [0.25, 0.3) is 0 Å². The van der Waals surface area contributed by atoms with Crippen molar-refractivity contribution >= 4 is 44.8 Å². The largest absolute Gasteiger partial charge is 0.350 e. The average molecular weight is 484 g/mol. The van der Waals surface area contributed by atoms with E-state index in [1.165, 1.54) is 43.0 Å². The number of nitrogens with zero attached hydrogens (tertiary/aromatic N) is 2. The Morgan fingerprint density at radius 3 is 2.45 bits per heavy atom. The average Bonchev–Trinajstić information content (AvgIpc) is 2.71. The summed E-state index contributed by atoms with van der Waals surface area (Å²) in [5.74, 6) is -0.419. The molecule has 3 rings (SSSR count). The van der Waals surface area contributed by atoms with Gasteiger partial charge in [-0.1, -0.05) is 53.9 Å². The molecule has 0 aliphatic carbocycles. The van der Waals surface area contributed by atoms with Gasteiger partial charge < -0.3 is 5.32 Å². The van der Waals surface area contributed by atoms with Crippen LogP contribution in [0.1, 0.15) is 30.4 Å². The second-order valence-corrected chi connectivity index (χ2v) is 10.5. The van der Waals surface area contributed by atoms with E-state index in [2.05, 4.69) is 22.3 Å². The van der Waals surface area contributed by atoms with E-state index in [-0.39, 0.29) is 17.3 Å². The summed E-state index contributed by atoms with van der Waals surface area (Å²) in [5, 5.41) is 3.35. The molecule has 1 N–H and O–H groups in total. The number of benzene rings is 2. The molecule has 6 nitrogen and oxygen atoms in total. The summed E-state index contributed by atoms with van der Waals surface area (Å²) in [4.78, 5) is 15.0. The lowest BCUT2D eigenvalue weighted by Crippen LogP contribution is -2.40. The quantitative estimate of drug-likeness (QED) is 0.614. The number of anilines is 1. The smallest absolute Gasteiger partial charge is 0.241 e. The number of piperidine rings is 1. The molecule has 1 fully saturated rings. The van der Waals surface area contributed by atoms with Crippen LogP contribution in [-0.2, 0) is 27.9 Å². The zero-order chi connectivity index (χ0) is 22.4. The maximum atomic E-state index is 12.5. The minimum atomic E-state index is -3.72. The maximum Gasteiger partial charge on any atom is 0.241 e. The Labute approximate surface area is 194 Å². The fourth-order valence-corrected chi connectivity index (χ4v) is 5.09. The highest BCUT2D eigenvalue weighted by atomic mass is 35.5. The highest BCUT2D eigenvalue weighted by Crippen LogP contribution is 2.30. The predicted molar refractivity (Wildman–Crippen MR) is 126 cm³/mol. The van der Waals surface area contributed by atoms with Crippen LogP contribution in [0, 0.1) is 0 Å². The number of nitrogens with one attached hydrogen (secondary N) is 1. The molecule has 1 aliphatic heterocycles. The molecular formula is C22H27Cl2N3O3S. The van der Waals surface area contributed by atoms with Gasteiger partial charge in [-0.15, -0.1) is 0 Å². The lowest BCUT2D eigenvalue weighted by molar-refractivity contribution is -0.119. The molecule has 1 aliphatic rings. The summed E-state index contributed by atoms with van der Waals surface area (Å²) in [5.41, 5.74) is 2.39. The number of hydrogen-bond donors (Lipinski definition) is 1. The standard InChI is InChI=1S/C22H27Cl2N3O3S/c1-31(29,30)27(21-9-8-19(23)13-20(21)24)16-22(28)25-14-17-6-5-7-18(12-17)15-26-10-3-2-4-11-26/h5-9,12-13H,2-4,10-11,14-16H2,1H3,(H,25,28). The Kier molecular flexibility index (Phi) is 8.22. The van der Waals surface area contributed by atoms with E-state index in [1.807, 2.05) is 12.1 Å². The molecule has 0 bridgehead atoms. The number of carbonyl (C=O) groups is 1. The Bertz CT molecular complexity index is 1020. The number of amides is 1. The summed E-state index contributed by atoms with van der Waals surface area (Å²) in [6.45, 7) is 3.09. The van der Waals surface area contributed by atoms with Crippen molar-refractivity contribution in [1.82, 2.24) is 10.2 Å². The lowest BCUT2D eigenvalue weighted by atomic mass is 10.1. The van der Waals surface area contributed by atoms with Crippen LogP contribution in [0.5, 0.6) is 0 Å². The number of hydrogen-bond acceptors (Lipinski definition) is 4. The SMILES string of the molecule is CS(=O)(=O)N(CC(=O)NCc1cccc(CN2CCCCC2)c1)c1ccc(Cl)cc1Cl. The van der Waals surface area contributed by atoms with Crippen molar-refractivity contribution in [3.63, 3.8) is 0 Å². The molecule has 0 saturated carbocycles. The van der Waals surface area contributed by atoms with Gasteiger partial charge in [-0.2, -0.15) is 0 Å². The third-order valence-corrected chi connectivity index (χ3v) is 6.87.